The van der Waals surface area contributed by atoms with Gasteiger partial charge in [0.1, 0.15) is 0 Å². The van der Waals surface area contributed by atoms with Crippen LogP contribution in [-0.2, 0) is 0 Å². The number of hydrogen-bond acceptors (Lipinski definition) is 6. The Kier molecular flexibility index (Phi) is 5.63. The molecule has 4 rings (SSSR count). The largest absolute Gasteiger partial charge is 0.320 e. The molecule has 0 aliphatic rings. The van der Waals surface area contributed by atoms with Gasteiger partial charge in [-0.1, -0.05) is 53.8 Å². The monoisotopic (exact) mass is 400 g/mol. The molecule has 2 aromatic heterocycles. The molecule has 4 aromatic rings. The Morgan fingerprint density at radius 2 is 1.76 bits per heavy atom. The molecule has 1 N–H and O–H groups in total. The number of amides is 1. The Bertz CT molecular complexity index is 1180. The first kappa shape index (κ1) is 18.5. The molecule has 0 saturated heterocycles. The molecule has 8 heteroatoms. The number of nitrogens with zero attached hydrogens (tertiary/aromatic N) is 5. The topological polar surface area (TPSA) is 84.5 Å². The van der Waals surface area contributed by atoms with Gasteiger partial charge in [0.2, 0.25) is 9.81 Å². The molecule has 142 valence electrons. The van der Waals surface area contributed by atoms with Crippen LogP contribution < -0.4 is 10.1 Å². The summed E-state index contributed by atoms with van der Waals surface area (Å²) in [6.45, 7) is 0. The number of nitrogens with one attached hydrogen (secondary N) is 1. The first-order chi connectivity index (χ1) is 14.3. The van der Waals surface area contributed by atoms with E-state index in [1.165, 1.54) is 0 Å². The third-order valence-corrected chi connectivity index (χ3v) is 4.72. The summed E-state index contributed by atoms with van der Waals surface area (Å²) in [7, 11) is 0. The van der Waals surface area contributed by atoms with Crippen molar-refractivity contribution in [2.24, 2.45) is 10.2 Å². The van der Waals surface area contributed by atoms with Crippen LogP contribution in [0, 0.1) is 0 Å². The molecule has 1 amide bonds. The highest BCUT2D eigenvalue weighted by molar-refractivity contribution is 7.11. The molecule has 0 bridgehead atoms. The molecule has 0 fully saturated rings. The van der Waals surface area contributed by atoms with Gasteiger partial charge in [0.15, 0.2) is 0 Å². The zero-order valence-corrected chi connectivity index (χ0v) is 16.0. The lowest BCUT2D eigenvalue weighted by Gasteiger charge is -2.01. The van der Waals surface area contributed by atoms with Gasteiger partial charge in [0, 0.05) is 23.6 Å². The fourth-order valence-corrected chi connectivity index (χ4v) is 3.24. The van der Waals surface area contributed by atoms with Gasteiger partial charge in [-0.3, -0.25) is 9.78 Å². The maximum atomic E-state index is 12.6. The van der Waals surface area contributed by atoms with Crippen molar-refractivity contribution in [1.82, 2.24) is 14.8 Å². The van der Waals surface area contributed by atoms with Crippen molar-refractivity contribution in [2.75, 3.05) is 5.32 Å². The summed E-state index contributed by atoms with van der Waals surface area (Å²) in [5.74, 6) is -0.302. The second kappa shape index (κ2) is 8.85. The zero-order valence-electron chi connectivity index (χ0n) is 15.2. The molecular formula is C21H16N6OS. The van der Waals surface area contributed by atoms with Crippen molar-refractivity contribution in [3.8, 4) is 5.69 Å². The van der Waals surface area contributed by atoms with Crippen LogP contribution in [0.25, 0.3) is 5.69 Å². The number of anilines is 1. The van der Waals surface area contributed by atoms with Crippen molar-refractivity contribution in [3.63, 3.8) is 0 Å². The standard InChI is InChI=1S/C21H16N6OS/c28-19(24-17-9-3-1-4-10-17)20-26-27(18-11-5-2-6-12-18)21(29-20)25-23-15-16-8-7-13-22-14-16/h1-15H,(H,24,28)/b23-15+,25-21-. The molecule has 0 atom stereocenters. The van der Waals surface area contributed by atoms with Crippen LogP contribution in [0.15, 0.2) is 95.4 Å². The summed E-state index contributed by atoms with van der Waals surface area (Å²) >= 11 is 1.16. The van der Waals surface area contributed by atoms with E-state index in [0.717, 1.165) is 22.6 Å². The highest BCUT2D eigenvalue weighted by Gasteiger charge is 2.14. The lowest BCUT2D eigenvalue weighted by molar-refractivity contribution is 0.102. The van der Waals surface area contributed by atoms with Gasteiger partial charge < -0.3 is 5.32 Å². The highest BCUT2D eigenvalue weighted by atomic mass is 32.1. The average Bonchev–Trinajstić information content (AvgIpc) is 3.20. The lowest BCUT2D eigenvalue weighted by Crippen LogP contribution is -2.15. The minimum atomic E-state index is -0.302. The van der Waals surface area contributed by atoms with Gasteiger partial charge in [0.05, 0.1) is 11.9 Å². The van der Waals surface area contributed by atoms with Gasteiger partial charge in [-0.2, -0.15) is 5.10 Å². The predicted octanol–water partition coefficient (Wildman–Crippen LogP) is 3.52. The summed E-state index contributed by atoms with van der Waals surface area (Å²) < 4.78 is 1.60. The van der Waals surface area contributed by atoms with E-state index in [1.54, 1.807) is 23.3 Å². The number of carbonyl (C=O) groups excluding carboxylic acids is 1. The second-order valence-corrected chi connectivity index (χ2v) is 6.84. The molecule has 7 nitrogen and oxygen atoms in total. The molecular weight excluding hydrogens is 384 g/mol. The SMILES string of the molecule is O=C(Nc1ccccc1)c1nn(-c2ccccc2)/c(=N/N=C/c2cccnc2)s1. The van der Waals surface area contributed by atoms with E-state index >= 15 is 0 Å². The van der Waals surface area contributed by atoms with Crippen LogP contribution in [0.2, 0.25) is 0 Å². The summed E-state index contributed by atoms with van der Waals surface area (Å²) in [5, 5.41) is 16.0. The van der Waals surface area contributed by atoms with Crippen LogP contribution in [0.5, 0.6) is 0 Å². The molecule has 0 aliphatic heterocycles. The fraction of sp³-hybridized carbons (Fsp3) is 0. The second-order valence-electron chi connectivity index (χ2n) is 5.89. The summed E-state index contributed by atoms with van der Waals surface area (Å²) in [6, 6.07) is 22.4. The van der Waals surface area contributed by atoms with E-state index in [9.17, 15) is 4.79 Å². The zero-order chi connectivity index (χ0) is 19.9. The van der Waals surface area contributed by atoms with E-state index in [2.05, 4.69) is 25.6 Å². The van der Waals surface area contributed by atoms with Gasteiger partial charge in [0.25, 0.3) is 5.91 Å². The van der Waals surface area contributed by atoms with Gasteiger partial charge in [-0.05, 0) is 30.3 Å². The van der Waals surface area contributed by atoms with Crippen LogP contribution in [-0.4, -0.2) is 26.9 Å². The third kappa shape index (κ3) is 4.69. The minimum Gasteiger partial charge on any atom is -0.320 e. The highest BCUT2D eigenvalue weighted by Crippen LogP contribution is 2.11. The Morgan fingerprint density at radius 3 is 2.48 bits per heavy atom. The number of rotatable bonds is 5. The molecule has 0 spiro atoms. The van der Waals surface area contributed by atoms with Crippen molar-refractivity contribution in [2.45, 2.75) is 0 Å². The summed E-state index contributed by atoms with van der Waals surface area (Å²) in [4.78, 5) is 17.2. The van der Waals surface area contributed by atoms with Gasteiger partial charge >= 0.3 is 0 Å². The number of para-hydroxylation sites is 2. The van der Waals surface area contributed by atoms with Crippen molar-refractivity contribution in [3.05, 3.63) is 101 Å². The number of pyridine rings is 1. The molecule has 2 aromatic carbocycles. The van der Waals surface area contributed by atoms with Crippen LogP contribution >= 0.6 is 11.3 Å². The smallest absolute Gasteiger partial charge is 0.286 e. The van der Waals surface area contributed by atoms with Crippen LogP contribution in [0.4, 0.5) is 5.69 Å². The fourth-order valence-electron chi connectivity index (χ4n) is 2.48. The first-order valence-corrected chi connectivity index (χ1v) is 9.60. The summed E-state index contributed by atoms with van der Waals surface area (Å²) in [5.41, 5.74) is 2.32. The van der Waals surface area contributed by atoms with E-state index in [4.69, 9.17) is 0 Å². The Labute approximate surface area is 170 Å². The van der Waals surface area contributed by atoms with E-state index in [1.807, 2.05) is 72.8 Å². The lowest BCUT2D eigenvalue weighted by atomic mass is 10.3. The van der Waals surface area contributed by atoms with Crippen molar-refractivity contribution < 1.29 is 4.79 Å². The Hall–Kier alpha value is -3.91. The number of benzene rings is 2. The van der Waals surface area contributed by atoms with E-state index in [-0.39, 0.29) is 10.9 Å². The maximum Gasteiger partial charge on any atom is 0.286 e. The van der Waals surface area contributed by atoms with Crippen LogP contribution in [0.1, 0.15) is 15.4 Å². The molecule has 0 radical (unpaired) electrons. The van der Waals surface area contributed by atoms with E-state index in [0.29, 0.717) is 10.5 Å². The Balaban J connectivity index is 1.68. The third-order valence-electron chi connectivity index (χ3n) is 3.82. The minimum absolute atomic E-state index is 0.285. The predicted molar refractivity (Wildman–Crippen MR) is 113 cm³/mol. The summed E-state index contributed by atoms with van der Waals surface area (Å²) in [6.07, 6.45) is 4.99. The average molecular weight is 400 g/mol. The van der Waals surface area contributed by atoms with Crippen LogP contribution in [0.3, 0.4) is 0 Å². The van der Waals surface area contributed by atoms with Gasteiger partial charge in [-0.25, -0.2) is 4.68 Å². The quantitative estimate of drug-likeness (QED) is 0.411. The number of aromatic nitrogens is 3. The normalized spacial score (nSPS) is 11.7. The molecule has 2 heterocycles. The molecule has 29 heavy (non-hydrogen) atoms. The molecule has 0 aliphatic carbocycles. The van der Waals surface area contributed by atoms with Crippen molar-refractivity contribution >= 4 is 29.1 Å². The number of hydrogen-bond donors (Lipinski definition) is 1. The maximum absolute atomic E-state index is 12.6. The first-order valence-electron chi connectivity index (χ1n) is 8.79. The Morgan fingerprint density at radius 1 is 1.00 bits per heavy atom. The molecule has 0 unspecified atom stereocenters. The van der Waals surface area contributed by atoms with Crippen molar-refractivity contribution in [1.29, 1.82) is 0 Å². The molecule has 0 saturated carbocycles. The number of carbonyl (C=O) groups is 1. The van der Waals surface area contributed by atoms with E-state index < -0.39 is 0 Å². The van der Waals surface area contributed by atoms with Gasteiger partial charge in [-0.15, -0.1) is 10.2 Å².